The first-order valence-electron chi connectivity index (χ1n) is 12.7. The summed E-state index contributed by atoms with van der Waals surface area (Å²) in [5, 5.41) is 11.2. The van der Waals surface area contributed by atoms with Crippen LogP contribution in [0.2, 0.25) is 5.02 Å². The molecule has 0 radical (unpaired) electrons. The molecule has 1 saturated heterocycles. The fourth-order valence-corrected chi connectivity index (χ4v) is 7.67. The minimum atomic E-state index is -1.08. The molecule has 1 aliphatic carbocycles. The predicted molar refractivity (Wildman–Crippen MR) is 155 cm³/mol. The zero-order valence-electron chi connectivity index (χ0n) is 21.6. The van der Waals surface area contributed by atoms with E-state index in [1.807, 2.05) is 5.51 Å². The van der Waals surface area contributed by atoms with Crippen molar-refractivity contribution in [2.75, 3.05) is 23.7 Å². The van der Waals surface area contributed by atoms with Crippen LogP contribution in [0.5, 0.6) is 0 Å². The van der Waals surface area contributed by atoms with Gasteiger partial charge in [-0.05, 0) is 50.7 Å². The summed E-state index contributed by atoms with van der Waals surface area (Å²) in [4.78, 5) is 35.3. The second-order valence-corrected chi connectivity index (χ2v) is 13.2. The molecular formula is C26H29ClN8O2S2. The fraction of sp³-hybridized carbons (Fsp3) is 0.423. The Morgan fingerprint density at radius 1 is 1.26 bits per heavy atom. The molecule has 0 unspecified atom stereocenters. The van der Waals surface area contributed by atoms with Crippen LogP contribution in [-0.4, -0.2) is 48.3 Å². The molecule has 1 atom stereocenters. The summed E-state index contributed by atoms with van der Waals surface area (Å²) in [7, 11) is 0. The SMILES string of the molecule is CC(C)(O)Cn1cnc2ccc(Sc3ncc(N4CCC5(CC4)Cc4ncsc4[C@H]5N)nc3N)c(Cl)c2c1=O. The first-order chi connectivity index (χ1) is 18.5. The Hall–Kier alpha value is -2.77. The highest BCUT2D eigenvalue weighted by Crippen LogP contribution is 2.52. The number of piperidine rings is 1. The van der Waals surface area contributed by atoms with Crippen molar-refractivity contribution in [1.29, 1.82) is 0 Å². The molecule has 3 aromatic heterocycles. The Labute approximate surface area is 238 Å². The van der Waals surface area contributed by atoms with Gasteiger partial charge in [0, 0.05) is 28.9 Å². The molecular weight excluding hydrogens is 556 g/mol. The van der Waals surface area contributed by atoms with Crippen molar-refractivity contribution in [3.8, 4) is 0 Å². The van der Waals surface area contributed by atoms with Crippen molar-refractivity contribution in [2.45, 2.75) is 61.2 Å². The first-order valence-corrected chi connectivity index (χ1v) is 14.8. The summed E-state index contributed by atoms with van der Waals surface area (Å²) in [6, 6.07) is 3.57. The van der Waals surface area contributed by atoms with E-state index in [2.05, 4.69) is 24.8 Å². The number of rotatable bonds is 5. The number of hydrogen-bond donors (Lipinski definition) is 3. The Kier molecular flexibility index (Phi) is 6.58. The Balaban J connectivity index is 1.20. The molecule has 6 rings (SSSR count). The van der Waals surface area contributed by atoms with Crippen LogP contribution in [0, 0.1) is 5.41 Å². The maximum absolute atomic E-state index is 13.1. The molecule has 0 amide bonds. The first kappa shape index (κ1) is 26.5. The lowest BCUT2D eigenvalue weighted by atomic mass is 9.74. The fourth-order valence-electron chi connectivity index (χ4n) is 5.57. The Morgan fingerprint density at radius 3 is 2.72 bits per heavy atom. The van der Waals surface area contributed by atoms with Crippen LogP contribution >= 0.6 is 34.7 Å². The molecule has 1 fully saturated rings. The van der Waals surface area contributed by atoms with E-state index in [0.29, 0.717) is 21.3 Å². The number of benzene rings is 1. The smallest absolute Gasteiger partial charge is 0.262 e. The van der Waals surface area contributed by atoms with Crippen molar-refractivity contribution in [3.05, 3.63) is 56.1 Å². The normalized spacial score (nSPS) is 18.7. The zero-order valence-corrected chi connectivity index (χ0v) is 24.0. The van der Waals surface area contributed by atoms with Crippen LogP contribution in [0.15, 0.2) is 44.9 Å². The van der Waals surface area contributed by atoms with Gasteiger partial charge < -0.3 is 21.5 Å². The molecule has 1 aliphatic heterocycles. The standard InChI is InChI=1S/C26H29ClN8O2S2/c1-25(2,37)11-35-12-31-14-3-4-16(19(27)18(14)24(35)36)39-23-22(29)33-17(10-30-23)34-7-5-26(6-8-34)9-15-20(21(26)28)38-13-32-15/h3-4,10,12-13,21,37H,5-9,11,28H2,1-2H3,(H2,29,33)/t21-/m1/s1. The molecule has 0 bridgehead atoms. The molecule has 1 spiro atoms. The molecule has 4 aromatic rings. The monoisotopic (exact) mass is 584 g/mol. The van der Waals surface area contributed by atoms with Gasteiger partial charge in [0.25, 0.3) is 5.56 Å². The lowest BCUT2D eigenvalue weighted by Gasteiger charge is -2.42. The van der Waals surface area contributed by atoms with Gasteiger partial charge in [0.15, 0.2) is 5.82 Å². The van der Waals surface area contributed by atoms with E-state index in [9.17, 15) is 9.90 Å². The number of aliphatic hydroxyl groups is 1. The van der Waals surface area contributed by atoms with E-state index < -0.39 is 5.60 Å². The number of anilines is 2. The number of fused-ring (bicyclic) bond motifs is 2. The third kappa shape index (κ3) is 4.78. The highest BCUT2D eigenvalue weighted by Gasteiger charge is 2.47. The Bertz CT molecular complexity index is 1620. The largest absolute Gasteiger partial charge is 0.389 e. The average molecular weight is 585 g/mol. The van der Waals surface area contributed by atoms with Gasteiger partial charge >= 0.3 is 0 Å². The third-order valence-corrected chi connectivity index (χ3v) is 10.2. The second kappa shape index (κ2) is 9.70. The number of nitrogens with zero attached hydrogens (tertiary/aromatic N) is 6. The van der Waals surface area contributed by atoms with Crippen LogP contribution in [0.1, 0.15) is 43.3 Å². The number of halogens is 1. The highest BCUT2D eigenvalue weighted by molar-refractivity contribution is 7.99. The lowest BCUT2D eigenvalue weighted by Crippen LogP contribution is -2.44. The van der Waals surface area contributed by atoms with E-state index in [1.54, 1.807) is 43.5 Å². The summed E-state index contributed by atoms with van der Waals surface area (Å²) < 4.78 is 1.36. The van der Waals surface area contributed by atoms with Gasteiger partial charge in [-0.15, -0.1) is 11.3 Å². The van der Waals surface area contributed by atoms with Gasteiger partial charge in [-0.25, -0.2) is 19.9 Å². The van der Waals surface area contributed by atoms with Crippen molar-refractivity contribution in [1.82, 2.24) is 24.5 Å². The van der Waals surface area contributed by atoms with Gasteiger partial charge in [-0.1, -0.05) is 23.4 Å². The number of aromatic nitrogens is 5. The molecule has 4 heterocycles. The van der Waals surface area contributed by atoms with Crippen LogP contribution < -0.4 is 21.9 Å². The van der Waals surface area contributed by atoms with E-state index in [1.165, 1.54) is 27.5 Å². The molecule has 5 N–H and O–H groups in total. The van der Waals surface area contributed by atoms with Gasteiger partial charge in [0.2, 0.25) is 0 Å². The quantitative estimate of drug-likeness (QED) is 0.317. The minimum Gasteiger partial charge on any atom is -0.389 e. The predicted octanol–water partition coefficient (Wildman–Crippen LogP) is 3.64. The maximum atomic E-state index is 13.1. The van der Waals surface area contributed by atoms with E-state index in [4.69, 9.17) is 23.1 Å². The summed E-state index contributed by atoms with van der Waals surface area (Å²) in [6.07, 6.45) is 6.01. The van der Waals surface area contributed by atoms with Crippen molar-refractivity contribution < 1.29 is 5.11 Å². The van der Waals surface area contributed by atoms with Crippen molar-refractivity contribution in [2.24, 2.45) is 11.1 Å². The molecule has 39 heavy (non-hydrogen) atoms. The maximum Gasteiger partial charge on any atom is 0.262 e. The molecule has 2 aliphatic rings. The van der Waals surface area contributed by atoms with Crippen LogP contribution in [0.4, 0.5) is 11.6 Å². The second-order valence-electron chi connectivity index (χ2n) is 10.9. The molecule has 0 saturated carbocycles. The highest BCUT2D eigenvalue weighted by atomic mass is 35.5. The minimum absolute atomic E-state index is 0.0400. The van der Waals surface area contributed by atoms with Gasteiger partial charge in [-0.3, -0.25) is 9.36 Å². The number of hydrogen-bond acceptors (Lipinski definition) is 11. The van der Waals surface area contributed by atoms with Gasteiger partial charge in [0.05, 0.1) is 51.8 Å². The van der Waals surface area contributed by atoms with E-state index in [-0.39, 0.29) is 34.0 Å². The van der Waals surface area contributed by atoms with Gasteiger partial charge in [-0.2, -0.15) is 0 Å². The molecule has 10 nitrogen and oxygen atoms in total. The third-order valence-electron chi connectivity index (χ3n) is 7.63. The summed E-state index contributed by atoms with van der Waals surface area (Å²) in [5.74, 6) is 1.03. The molecule has 204 valence electrons. The van der Waals surface area contributed by atoms with Gasteiger partial charge in [0.1, 0.15) is 10.8 Å². The van der Waals surface area contributed by atoms with Crippen LogP contribution in [-0.2, 0) is 13.0 Å². The summed E-state index contributed by atoms with van der Waals surface area (Å²) in [6.45, 7) is 5.00. The average Bonchev–Trinajstić information content (AvgIpc) is 3.44. The lowest BCUT2D eigenvalue weighted by molar-refractivity contribution is 0.0603. The Morgan fingerprint density at radius 2 is 2.03 bits per heavy atom. The summed E-state index contributed by atoms with van der Waals surface area (Å²) in [5.41, 5.74) is 15.2. The van der Waals surface area contributed by atoms with Crippen molar-refractivity contribution >= 4 is 57.2 Å². The zero-order chi connectivity index (χ0) is 27.5. The summed E-state index contributed by atoms with van der Waals surface area (Å²) >= 11 is 9.61. The van der Waals surface area contributed by atoms with E-state index in [0.717, 1.165) is 43.9 Å². The number of thiazole rings is 1. The molecule has 1 aromatic carbocycles. The van der Waals surface area contributed by atoms with Crippen LogP contribution in [0.25, 0.3) is 10.9 Å². The molecule has 13 heteroatoms. The van der Waals surface area contributed by atoms with E-state index >= 15 is 0 Å². The van der Waals surface area contributed by atoms with Crippen molar-refractivity contribution in [3.63, 3.8) is 0 Å². The number of nitrogens with two attached hydrogens (primary N) is 2. The van der Waals surface area contributed by atoms with Crippen LogP contribution in [0.3, 0.4) is 0 Å². The topological polar surface area (TPSA) is 149 Å². The number of nitrogen functional groups attached to an aromatic ring is 1.